The van der Waals surface area contributed by atoms with E-state index < -0.39 is 21.2 Å². The van der Waals surface area contributed by atoms with Crippen molar-refractivity contribution in [3.05, 3.63) is 35.4 Å². The van der Waals surface area contributed by atoms with E-state index in [2.05, 4.69) is 0 Å². The minimum Gasteiger partial charge on any atom is -0.481 e. The molecule has 1 aromatic rings. The average Bonchev–Trinajstić information content (AvgIpc) is 2.38. The van der Waals surface area contributed by atoms with Crippen LogP contribution in [0, 0.1) is 0 Å². The van der Waals surface area contributed by atoms with E-state index in [4.69, 9.17) is 0 Å². The van der Waals surface area contributed by atoms with Crippen molar-refractivity contribution >= 4 is 15.8 Å². The van der Waals surface area contributed by atoms with Crippen molar-refractivity contribution in [3.63, 3.8) is 0 Å². The zero-order valence-electron chi connectivity index (χ0n) is 11.6. The summed E-state index contributed by atoms with van der Waals surface area (Å²) in [4.78, 5) is 11.7. The summed E-state index contributed by atoms with van der Waals surface area (Å²) >= 11 is 0. The van der Waals surface area contributed by atoms with Gasteiger partial charge in [0.15, 0.2) is 9.84 Å². The monoisotopic (exact) mass is 296 g/mol. The van der Waals surface area contributed by atoms with Crippen molar-refractivity contribution in [1.29, 1.82) is 0 Å². The lowest BCUT2D eigenvalue weighted by molar-refractivity contribution is -0.145. The van der Waals surface area contributed by atoms with E-state index in [1.807, 2.05) is 0 Å². The largest absolute Gasteiger partial charge is 0.481 e. The van der Waals surface area contributed by atoms with Gasteiger partial charge in [-0.05, 0) is 24.0 Å². The summed E-state index contributed by atoms with van der Waals surface area (Å²) in [5, 5.41) is 9.60. The highest BCUT2D eigenvalue weighted by Crippen LogP contribution is 2.39. The van der Waals surface area contributed by atoms with E-state index in [9.17, 15) is 18.3 Å². The fraction of sp³-hybridized carbons (Fsp3) is 0.533. The van der Waals surface area contributed by atoms with Crippen LogP contribution in [0.4, 0.5) is 0 Å². The van der Waals surface area contributed by atoms with Gasteiger partial charge >= 0.3 is 5.97 Å². The summed E-state index contributed by atoms with van der Waals surface area (Å²) < 4.78 is 22.5. The van der Waals surface area contributed by atoms with Gasteiger partial charge in [0.1, 0.15) is 0 Å². The van der Waals surface area contributed by atoms with E-state index in [1.165, 1.54) is 6.26 Å². The third-order valence-corrected chi connectivity index (χ3v) is 4.91. The second kappa shape index (κ2) is 5.56. The van der Waals surface area contributed by atoms with Crippen LogP contribution in [0.5, 0.6) is 0 Å². The maximum atomic E-state index is 11.7. The van der Waals surface area contributed by atoms with Crippen molar-refractivity contribution in [2.75, 3.05) is 6.26 Å². The van der Waals surface area contributed by atoms with Gasteiger partial charge in [0, 0.05) is 6.26 Å². The standard InChI is InChI=1S/C15H20O4S/c1-20(18,19)11-12-5-7-13(8-6-12)15(14(16)17)9-3-2-4-10-15/h5-8H,2-4,9-11H2,1H3,(H,16,17). The van der Waals surface area contributed by atoms with Crippen molar-refractivity contribution < 1.29 is 18.3 Å². The second-order valence-electron chi connectivity index (χ2n) is 5.71. The summed E-state index contributed by atoms with van der Waals surface area (Å²) in [6, 6.07) is 7.02. The fourth-order valence-electron chi connectivity index (χ4n) is 3.00. The van der Waals surface area contributed by atoms with Crippen LogP contribution in [-0.4, -0.2) is 25.7 Å². The highest BCUT2D eigenvalue weighted by Gasteiger charge is 2.41. The van der Waals surface area contributed by atoms with Crippen molar-refractivity contribution in [1.82, 2.24) is 0 Å². The van der Waals surface area contributed by atoms with Gasteiger partial charge in [-0.15, -0.1) is 0 Å². The third kappa shape index (κ3) is 3.20. The van der Waals surface area contributed by atoms with Gasteiger partial charge in [-0.25, -0.2) is 8.42 Å². The van der Waals surface area contributed by atoms with Gasteiger partial charge in [0.05, 0.1) is 11.2 Å². The molecule has 0 unspecified atom stereocenters. The number of aliphatic carboxylic acids is 1. The quantitative estimate of drug-likeness (QED) is 0.926. The Kier molecular flexibility index (Phi) is 4.18. The normalized spacial score (nSPS) is 18.6. The molecule has 0 bridgehead atoms. The Morgan fingerprint density at radius 2 is 1.70 bits per heavy atom. The van der Waals surface area contributed by atoms with Crippen LogP contribution in [-0.2, 0) is 25.8 Å². The summed E-state index contributed by atoms with van der Waals surface area (Å²) in [6.07, 6.45) is 5.46. The van der Waals surface area contributed by atoms with E-state index in [0.717, 1.165) is 24.8 Å². The van der Waals surface area contributed by atoms with Crippen LogP contribution in [0.25, 0.3) is 0 Å². The van der Waals surface area contributed by atoms with Crippen molar-refractivity contribution in [3.8, 4) is 0 Å². The molecule has 0 atom stereocenters. The number of hydrogen-bond donors (Lipinski definition) is 1. The lowest BCUT2D eigenvalue weighted by Gasteiger charge is -2.33. The highest BCUT2D eigenvalue weighted by molar-refractivity contribution is 7.89. The smallest absolute Gasteiger partial charge is 0.314 e. The van der Waals surface area contributed by atoms with Gasteiger partial charge in [0.25, 0.3) is 0 Å². The first-order valence-corrected chi connectivity index (χ1v) is 8.90. The molecular weight excluding hydrogens is 276 g/mol. The number of hydrogen-bond acceptors (Lipinski definition) is 3. The van der Waals surface area contributed by atoms with Crippen LogP contribution in [0.1, 0.15) is 43.2 Å². The SMILES string of the molecule is CS(=O)(=O)Cc1ccc(C2(C(=O)O)CCCCC2)cc1. The summed E-state index contributed by atoms with van der Waals surface area (Å²) in [5.41, 5.74) is 0.705. The molecular formula is C15H20O4S. The molecule has 1 fully saturated rings. The molecule has 0 spiro atoms. The average molecular weight is 296 g/mol. The summed E-state index contributed by atoms with van der Waals surface area (Å²) in [6.45, 7) is 0. The molecule has 1 saturated carbocycles. The molecule has 0 aliphatic heterocycles. The Bertz CT molecular complexity index is 581. The number of carbonyl (C=O) groups is 1. The third-order valence-electron chi connectivity index (χ3n) is 4.05. The molecule has 5 heteroatoms. The van der Waals surface area contributed by atoms with Crippen LogP contribution >= 0.6 is 0 Å². The number of rotatable bonds is 4. The Balaban J connectivity index is 2.29. The lowest BCUT2D eigenvalue weighted by atomic mass is 9.69. The van der Waals surface area contributed by atoms with Gasteiger partial charge < -0.3 is 5.11 Å². The number of carboxylic acid groups (broad SMARTS) is 1. The van der Waals surface area contributed by atoms with Crippen LogP contribution in [0.3, 0.4) is 0 Å². The lowest BCUT2D eigenvalue weighted by Crippen LogP contribution is -2.37. The Morgan fingerprint density at radius 3 is 2.15 bits per heavy atom. The molecule has 0 aromatic heterocycles. The summed E-state index contributed by atoms with van der Waals surface area (Å²) in [7, 11) is -3.06. The molecule has 2 rings (SSSR count). The molecule has 20 heavy (non-hydrogen) atoms. The highest BCUT2D eigenvalue weighted by atomic mass is 32.2. The van der Waals surface area contributed by atoms with E-state index in [1.54, 1.807) is 24.3 Å². The molecule has 0 amide bonds. The predicted molar refractivity (Wildman–Crippen MR) is 77.4 cm³/mol. The first-order chi connectivity index (χ1) is 9.33. The molecule has 110 valence electrons. The van der Waals surface area contributed by atoms with E-state index in [0.29, 0.717) is 18.4 Å². The fourth-order valence-corrected chi connectivity index (χ4v) is 3.80. The van der Waals surface area contributed by atoms with Crippen LogP contribution in [0.15, 0.2) is 24.3 Å². The van der Waals surface area contributed by atoms with Gasteiger partial charge in [-0.3, -0.25) is 4.79 Å². The molecule has 0 heterocycles. The maximum absolute atomic E-state index is 11.7. The van der Waals surface area contributed by atoms with E-state index in [-0.39, 0.29) is 5.75 Å². The predicted octanol–water partition coefficient (Wildman–Crippen LogP) is 2.52. The summed E-state index contributed by atoms with van der Waals surface area (Å²) in [5.74, 6) is -0.777. The van der Waals surface area contributed by atoms with Gasteiger partial charge in [-0.2, -0.15) is 0 Å². The van der Waals surface area contributed by atoms with Crippen LogP contribution in [0.2, 0.25) is 0 Å². The topological polar surface area (TPSA) is 71.4 Å². The van der Waals surface area contributed by atoms with Gasteiger partial charge in [0.2, 0.25) is 0 Å². The second-order valence-corrected chi connectivity index (χ2v) is 7.86. The molecule has 4 nitrogen and oxygen atoms in total. The number of sulfone groups is 1. The molecule has 1 aliphatic rings. The number of carboxylic acids is 1. The molecule has 1 N–H and O–H groups in total. The minimum absolute atomic E-state index is 0.00660. The zero-order valence-corrected chi connectivity index (χ0v) is 12.4. The first kappa shape index (κ1) is 15.0. The molecule has 1 aromatic carbocycles. The van der Waals surface area contributed by atoms with Crippen molar-refractivity contribution in [2.24, 2.45) is 0 Å². The first-order valence-electron chi connectivity index (χ1n) is 6.84. The Labute approximate surface area is 119 Å². The zero-order chi connectivity index (χ0) is 14.8. The number of benzene rings is 1. The molecule has 1 aliphatic carbocycles. The Hall–Kier alpha value is -1.36. The van der Waals surface area contributed by atoms with E-state index >= 15 is 0 Å². The minimum atomic E-state index is -3.06. The molecule has 0 radical (unpaired) electrons. The molecule has 0 saturated heterocycles. The van der Waals surface area contributed by atoms with Gasteiger partial charge in [-0.1, -0.05) is 43.5 Å². The van der Waals surface area contributed by atoms with Crippen molar-refractivity contribution in [2.45, 2.75) is 43.3 Å². The Morgan fingerprint density at radius 1 is 1.15 bits per heavy atom. The maximum Gasteiger partial charge on any atom is 0.314 e. The van der Waals surface area contributed by atoms with Crippen LogP contribution < -0.4 is 0 Å².